The Morgan fingerprint density at radius 1 is 0.700 bits per heavy atom. The van der Waals surface area contributed by atoms with Crippen LogP contribution in [-0.4, -0.2) is 17.3 Å². The molecule has 0 heterocycles. The van der Waals surface area contributed by atoms with Gasteiger partial charge in [0.1, 0.15) is 11.6 Å². The molecule has 3 aromatic rings. The van der Waals surface area contributed by atoms with Crippen LogP contribution in [0, 0.1) is 11.8 Å². The maximum atomic E-state index is 13.6. The van der Waals surface area contributed by atoms with E-state index in [0.29, 0.717) is 11.1 Å². The van der Waals surface area contributed by atoms with Gasteiger partial charge in [-0.25, -0.2) is 0 Å². The number of carbonyl (C=O) groups is 3. The summed E-state index contributed by atoms with van der Waals surface area (Å²) in [6, 6.07) is 27.4. The Bertz CT molecular complexity index is 992. The van der Waals surface area contributed by atoms with E-state index in [0.717, 1.165) is 5.56 Å². The number of benzene rings is 3. The van der Waals surface area contributed by atoms with Crippen LogP contribution in [0.15, 0.2) is 91.0 Å². The predicted octanol–water partition coefficient (Wildman–Crippen LogP) is 5.31. The molecule has 3 nitrogen and oxygen atoms in total. The molecule has 0 radical (unpaired) electrons. The molecule has 0 fully saturated rings. The first-order valence-electron chi connectivity index (χ1n) is 10.2. The zero-order chi connectivity index (χ0) is 21.5. The number of hydrogen-bond donors (Lipinski definition) is 0. The third kappa shape index (κ3) is 4.98. The van der Waals surface area contributed by atoms with E-state index < -0.39 is 11.8 Å². The van der Waals surface area contributed by atoms with E-state index in [1.165, 1.54) is 0 Å². The maximum Gasteiger partial charge on any atom is 0.171 e. The SMILES string of the molecule is CC(C)C(=O)C(C(=O)Cc1ccccc1)C(C(=O)c1ccccc1)c1ccccc1. The molecule has 0 saturated carbocycles. The average Bonchev–Trinajstić information content (AvgIpc) is 2.78. The number of carbonyl (C=O) groups excluding carboxylic acids is 3. The van der Waals surface area contributed by atoms with Gasteiger partial charge in [0.2, 0.25) is 0 Å². The average molecular weight is 399 g/mol. The smallest absolute Gasteiger partial charge is 0.171 e. The van der Waals surface area contributed by atoms with Gasteiger partial charge in [-0.05, 0) is 11.1 Å². The van der Waals surface area contributed by atoms with Crippen LogP contribution in [0.4, 0.5) is 0 Å². The van der Waals surface area contributed by atoms with Crippen LogP contribution in [0.5, 0.6) is 0 Å². The van der Waals surface area contributed by atoms with Gasteiger partial charge in [0.05, 0.1) is 11.8 Å². The lowest BCUT2D eigenvalue weighted by Crippen LogP contribution is -2.37. The summed E-state index contributed by atoms with van der Waals surface area (Å²) in [7, 11) is 0. The minimum Gasteiger partial charge on any atom is -0.299 e. The topological polar surface area (TPSA) is 51.2 Å². The van der Waals surface area contributed by atoms with Crippen molar-refractivity contribution in [2.24, 2.45) is 11.8 Å². The molecule has 0 spiro atoms. The maximum absolute atomic E-state index is 13.6. The fourth-order valence-electron chi connectivity index (χ4n) is 3.71. The van der Waals surface area contributed by atoms with Crippen molar-refractivity contribution in [3.8, 4) is 0 Å². The molecule has 0 bridgehead atoms. The van der Waals surface area contributed by atoms with E-state index in [1.807, 2.05) is 66.7 Å². The number of hydrogen-bond acceptors (Lipinski definition) is 3. The van der Waals surface area contributed by atoms with E-state index in [-0.39, 0.29) is 29.7 Å². The summed E-state index contributed by atoms with van der Waals surface area (Å²) in [5, 5.41) is 0. The van der Waals surface area contributed by atoms with E-state index >= 15 is 0 Å². The molecule has 30 heavy (non-hydrogen) atoms. The molecule has 0 amide bonds. The number of rotatable bonds is 9. The number of Topliss-reactive ketones (excluding diaryl/α,β-unsaturated/α-hetero) is 3. The second-order valence-electron chi connectivity index (χ2n) is 7.78. The molecule has 3 heteroatoms. The van der Waals surface area contributed by atoms with Gasteiger partial charge in [-0.1, -0.05) is 105 Å². The van der Waals surface area contributed by atoms with Crippen LogP contribution in [0.3, 0.4) is 0 Å². The lowest BCUT2D eigenvalue weighted by Gasteiger charge is -2.26. The van der Waals surface area contributed by atoms with E-state index in [2.05, 4.69) is 0 Å². The highest BCUT2D eigenvalue weighted by molar-refractivity contribution is 6.12. The summed E-state index contributed by atoms with van der Waals surface area (Å²) in [6.45, 7) is 3.56. The minimum atomic E-state index is -1.03. The fourth-order valence-corrected chi connectivity index (χ4v) is 3.71. The highest BCUT2D eigenvalue weighted by atomic mass is 16.2. The molecule has 0 N–H and O–H groups in total. The van der Waals surface area contributed by atoms with Gasteiger partial charge in [0.15, 0.2) is 5.78 Å². The summed E-state index contributed by atoms with van der Waals surface area (Å²) < 4.78 is 0. The lowest BCUT2D eigenvalue weighted by molar-refractivity contribution is -0.134. The first-order valence-corrected chi connectivity index (χ1v) is 10.2. The Balaban J connectivity index is 2.07. The van der Waals surface area contributed by atoms with E-state index in [4.69, 9.17) is 0 Å². The molecule has 0 aliphatic rings. The minimum absolute atomic E-state index is 0.120. The van der Waals surface area contributed by atoms with E-state index in [1.54, 1.807) is 38.1 Å². The van der Waals surface area contributed by atoms with Crippen molar-refractivity contribution < 1.29 is 14.4 Å². The van der Waals surface area contributed by atoms with Crippen molar-refractivity contribution in [2.75, 3.05) is 0 Å². The highest BCUT2D eigenvalue weighted by Crippen LogP contribution is 2.33. The zero-order valence-electron chi connectivity index (χ0n) is 17.3. The van der Waals surface area contributed by atoms with Crippen LogP contribution in [0.25, 0.3) is 0 Å². The molecule has 2 atom stereocenters. The Kier molecular flexibility index (Phi) is 7.08. The molecular formula is C27H26O3. The second kappa shape index (κ2) is 9.93. The van der Waals surface area contributed by atoms with Crippen molar-refractivity contribution in [1.82, 2.24) is 0 Å². The van der Waals surface area contributed by atoms with Crippen LogP contribution in [0.2, 0.25) is 0 Å². The highest BCUT2D eigenvalue weighted by Gasteiger charge is 2.40. The molecule has 2 unspecified atom stereocenters. The lowest BCUT2D eigenvalue weighted by atomic mass is 9.73. The Morgan fingerprint density at radius 3 is 1.73 bits per heavy atom. The third-order valence-electron chi connectivity index (χ3n) is 5.28. The molecule has 0 saturated heterocycles. The van der Waals surface area contributed by atoms with Crippen molar-refractivity contribution >= 4 is 17.3 Å². The van der Waals surface area contributed by atoms with Crippen LogP contribution >= 0.6 is 0 Å². The zero-order valence-corrected chi connectivity index (χ0v) is 17.3. The Hall–Kier alpha value is -3.33. The van der Waals surface area contributed by atoms with Gasteiger partial charge in [0.25, 0.3) is 0 Å². The summed E-state index contributed by atoms with van der Waals surface area (Å²) in [6.07, 6.45) is 0.120. The summed E-state index contributed by atoms with van der Waals surface area (Å²) in [5.74, 6) is -2.86. The first-order chi connectivity index (χ1) is 14.5. The van der Waals surface area contributed by atoms with Gasteiger partial charge in [-0.15, -0.1) is 0 Å². The largest absolute Gasteiger partial charge is 0.299 e. The molecular weight excluding hydrogens is 372 g/mol. The van der Waals surface area contributed by atoms with Crippen molar-refractivity contribution in [2.45, 2.75) is 26.2 Å². The quantitative estimate of drug-likeness (QED) is 0.363. The van der Waals surface area contributed by atoms with Gasteiger partial charge in [-0.3, -0.25) is 14.4 Å². The molecule has 152 valence electrons. The molecule has 0 aliphatic carbocycles. The summed E-state index contributed by atoms with van der Waals surface area (Å²) in [4.78, 5) is 40.3. The van der Waals surface area contributed by atoms with Crippen molar-refractivity contribution in [3.05, 3.63) is 108 Å². The summed E-state index contributed by atoms with van der Waals surface area (Å²) >= 11 is 0. The van der Waals surface area contributed by atoms with E-state index in [9.17, 15) is 14.4 Å². The van der Waals surface area contributed by atoms with Crippen LogP contribution < -0.4 is 0 Å². The van der Waals surface area contributed by atoms with Crippen LogP contribution in [-0.2, 0) is 16.0 Å². The monoisotopic (exact) mass is 398 g/mol. The second-order valence-corrected chi connectivity index (χ2v) is 7.78. The molecule has 0 aliphatic heterocycles. The third-order valence-corrected chi connectivity index (χ3v) is 5.28. The van der Waals surface area contributed by atoms with Gasteiger partial charge in [-0.2, -0.15) is 0 Å². The van der Waals surface area contributed by atoms with Crippen molar-refractivity contribution in [3.63, 3.8) is 0 Å². The van der Waals surface area contributed by atoms with Gasteiger partial charge >= 0.3 is 0 Å². The van der Waals surface area contributed by atoms with Gasteiger partial charge < -0.3 is 0 Å². The number of ketones is 3. The van der Waals surface area contributed by atoms with Gasteiger partial charge in [0, 0.05) is 17.9 Å². The predicted molar refractivity (Wildman–Crippen MR) is 118 cm³/mol. The standard InChI is InChI=1S/C27H26O3/c1-19(2)26(29)25(23(28)18-20-12-6-3-7-13-20)24(21-14-8-4-9-15-21)27(30)22-16-10-5-11-17-22/h3-17,19,24-25H,18H2,1-2H3. The Labute approximate surface area is 177 Å². The Morgan fingerprint density at radius 2 is 1.20 bits per heavy atom. The molecule has 3 aromatic carbocycles. The molecule has 3 rings (SSSR count). The van der Waals surface area contributed by atoms with Crippen molar-refractivity contribution in [1.29, 1.82) is 0 Å². The first kappa shape index (κ1) is 21.4. The summed E-state index contributed by atoms with van der Waals surface area (Å²) in [5.41, 5.74) is 2.02. The molecule has 0 aromatic heterocycles. The normalized spacial score (nSPS) is 12.9. The fraction of sp³-hybridized carbons (Fsp3) is 0.222. The van der Waals surface area contributed by atoms with Crippen LogP contribution in [0.1, 0.15) is 41.3 Å².